The first-order valence-corrected chi connectivity index (χ1v) is 24.7. The van der Waals surface area contributed by atoms with E-state index in [1.165, 1.54) is 12.1 Å². The van der Waals surface area contributed by atoms with Crippen molar-refractivity contribution in [3.63, 3.8) is 0 Å². The molecular weight excluding hydrogens is 939 g/mol. The molecule has 3 rings (SSSR count). The maximum atomic E-state index is 14.4. The van der Waals surface area contributed by atoms with Crippen LogP contribution in [0.5, 0.6) is 5.75 Å². The number of rotatable bonds is 30. The smallest absolute Gasteiger partial charge is 0.408 e. The lowest BCUT2D eigenvalue weighted by molar-refractivity contribution is -0.129. The van der Waals surface area contributed by atoms with E-state index in [0.717, 1.165) is 11.3 Å². The number of alkyl carbamates (subject to hydrolysis) is 1. The van der Waals surface area contributed by atoms with Gasteiger partial charge in [-0.15, -0.1) is 0 Å². The van der Waals surface area contributed by atoms with Crippen molar-refractivity contribution >= 4 is 53.3 Å². The number of carbonyl (C=O) groups excluding carboxylic acids is 7. The summed E-state index contributed by atoms with van der Waals surface area (Å²) in [5.41, 5.74) is 13.6. The number of aliphatic imine (C=N–C) groups is 1. The molecule has 0 aliphatic heterocycles. The average molecular weight is 1020 g/mol. The van der Waals surface area contributed by atoms with Gasteiger partial charge in [-0.05, 0) is 94.5 Å². The lowest BCUT2D eigenvalue weighted by Crippen LogP contribution is -2.49. The number of anilines is 1. The number of urea groups is 1. The molecule has 0 saturated heterocycles. The van der Waals surface area contributed by atoms with Crippen molar-refractivity contribution in [2.45, 2.75) is 96.4 Å². The predicted octanol–water partition coefficient (Wildman–Crippen LogP) is 1.84. The van der Waals surface area contributed by atoms with E-state index in [0.29, 0.717) is 63.1 Å². The number of phenols is 1. The van der Waals surface area contributed by atoms with E-state index in [1.807, 2.05) is 66.5 Å². The molecule has 0 aromatic heterocycles. The monoisotopic (exact) mass is 1020 g/mol. The third-order valence-corrected chi connectivity index (χ3v) is 10.9. The molecule has 8 amide bonds. The van der Waals surface area contributed by atoms with Gasteiger partial charge < -0.3 is 68.7 Å². The van der Waals surface area contributed by atoms with Crippen LogP contribution in [0.3, 0.4) is 0 Å². The molecule has 400 valence electrons. The number of nitrogens with zero attached hydrogens (tertiary/aromatic N) is 2. The molecule has 0 saturated carbocycles. The summed E-state index contributed by atoms with van der Waals surface area (Å²) in [6.07, 6.45) is 0.625. The fourth-order valence-corrected chi connectivity index (χ4v) is 7.04. The van der Waals surface area contributed by atoms with E-state index in [9.17, 15) is 38.7 Å². The Kier molecular flexibility index (Phi) is 26.6. The van der Waals surface area contributed by atoms with Crippen LogP contribution in [-0.2, 0) is 35.3 Å². The fourth-order valence-electron chi connectivity index (χ4n) is 7.04. The van der Waals surface area contributed by atoms with Crippen LogP contribution in [0.1, 0.15) is 88.8 Å². The fraction of sp³-hybridized carbons (Fsp3) is 0.490. The van der Waals surface area contributed by atoms with Gasteiger partial charge in [0.1, 0.15) is 23.4 Å². The number of amides is 8. The summed E-state index contributed by atoms with van der Waals surface area (Å²) in [4.78, 5) is 96.4. The van der Waals surface area contributed by atoms with Crippen molar-refractivity contribution in [1.29, 1.82) is 0 Å². The molecule has 0 aliphatic rings. The number of hydrogen-bond donors (Lipinski definition) is 12. The second kappa shape index (κ2) is 32.5. The van der Waals surface area contributed by atoms with Gasteiger partial charge in [-0.3, -0.25) is 34.3 Å². The van der Waals surface area contributed by atoms with Gasteiger partial charge in [-0.1, -0.05) is 61.5 Å². The number of likely N-dealkylation sites (N-methyl/N-ethyl adjacent to an activating group) is 1. The summed E-state index contributed by atoms with van der Waals surface area (Å²) in [5, 5.41) is 34.8. The molecule has 0 radical (unpaired) electrons. The Morgan fingerprint density at radius 2 is 1.34 bits per heavy atom. The van der Waals surface area contributed by atoms with Crippen LogP contribution in [0.2, 0.25) is 0 Å². The van der Waals surface area contributed by atoms with Gasteiger partial charge in [0.25, 0.3) is 0 Å². The van der Waals surface area contributed by atoms with E-state index in [1.54, 1.807) is 39.8 Å². The molecule has 0 bridgehead atoms. The summed E-state index contributed by atoms with van der Waals surface area (Å²) >= 11 is 0. The SMILES string of the molecule is CCC(=O)NCCNC(=O)NC(N)=NCCC[C@@H](NC(=O)C(c1ccccc1)c1ccc(NCCCNC(=O)[C@@H](CCC(=O)NCCN(C)CCN)NC(=O)OC(C)(C)C)cc1)C(=O)NCc1ccc(O)cc1. The highest BCUT2D eigenvalue weighted by atomic mass is 16.6. The van der Waals surface area contributed by atoms with Crippen molar-refractivity contribution in [3.05, 3.63) is 95.6 Å². The van der Waals surface area contributed by atoms with Gasteiger partial charge >= 0.3 is 12.1 Å². The summed E-state index contributed by atoms with van der Waals surface area (Å²) in [6.45, 7) is 10.5. The number of carbonyl (C=O) groups is 7. The molecule has 0 fully saturated rings. The Hall–Kier alpha value is -7.46. The first kappa shape index (κ1) is 59.8. The number of guanidine groups is 1. The van der Waals surface area contributed by atoms with Crippen LogP contribution in [0.15, 0.2) is 83.9 Å². The van der Waals surface area contributed by atoms with E-state index in [-0.39, 0.29) is 75.5 Å². The molecule has 3 atom stereocenters. The molecule has 0 spiro atoms. The highest BCUT2D eigenvalue weighted by Gasteiger charge is 2.29. The molecule has 22 nitrogen and oxygen atoms in total. The molecule has 14 N–H and O–H groups in total. The van der Waals surface area contributed by atoms with Gasteiger partial charge in [0.05, 0.1) is 5.92 Å². The third-order valence-electron chi connectivity index (χ3n) is 10.9. The van der Waals surface area contributed by atoms with Crippen LogP contribution in [0.4, 0.5) is 15.3 Å². The van der Waals surface area contributed by atoms with Gasteiger partial charge in [0.15, 0.2) is 5.96 Å². The molecule has 0 aliphatic carbocycles. The number of aromatic hydroxyl groups is 1. The normalized spacial score (nSPS) is 12.6. The highest BCUT2D eigenvalue weighted by molar-refractivity contribution is 5.95. The molecule has 0 heterocycles. The number of phenolic OH excluding ortho intramolecular Hbond substituents is 1. The molecule has 1 unspecified atom stereocenters. The predicted molar refractivity (Wildman–Crippen MR) is 280 cm³/mol. The van der Waals surface area contributed by atoms with Crippen LogP contribution in [-0.4, -0.2) is 141 Å². The molecular formula is C51H77N13O9. The zero-order chi connectivity index (χ0) is 53.6. The number of nitrogens with two attached hydrogens (primary N) is 2. The Balaban J connectivity index is 1.64. The molecule has 3 aromatic carbocycles. The first-order chi connectivity index (χ1) is 34.9. The Labute approximate surface area is 428 Å². The van der Waals surface area contributed by atoms with Crippen molar-refractivity contribution in [2.24, 2.45) is 16.5 Å². The van der Waals surface area contributed by atoms with Crippen molar-refractivity contribution in [3.8, 4) is 5.75 Å². The van der Waals surface area contributed by atoms with Crippen molar-refractivity contribution in [1.82, 2.24) is 47.4 Å². The quantitative estimate of drug-likeness (QED) is 0.0258. The third kappa shape index (κ3) is 25.0. The average Bonchev–Trinajstić information content (AvgIpc) is 3.34. The van der Waals surface area contributed by atoms with Gasteiger partial charge in [0, 0.05) is 84.0 Å². The Bertz CT molecular complexity index is 2220. The maximum Gasteiger partial charge on any atom is 0.408 e. The van der Waals surface area contributed by atoms with E-state index >= 15 is 0 Å². The van der Waals surface area contributed by atoms with Gasteiger partial charge in [-0.25, -0.2) is 9.59 Å². The van der Waals surface area contributed by atoms with Crippen LogP contribution < -0.4 is 59.3 Å². The minimum Gasteiger partial charge on any atom is -0.508 e. The Morgan fingerprint density at radius 3 is 2.01 bits per heavy atom. The number of nitrogens with one attached hydrogen (secondary N) is 9. The largest absolute Gasteiger partial charge is 0.508 e. The zero-order valence-corrected chi connectivity index (χ0v) is 42.8. The van der Waals surface area contributed by atoms with Gasteiger partial charge in [0.2, 0.25) is 29.5 Å². The van der Waals surface area contributed by atoms with Crippen LogP contribution in [0.25, 0.3) is 0 Å². The summed E-state index contributed by atoms with van der Waals surface area (Å²) < 4.78 is 5.37. The topological polar surface area (TPSA) is 325 Å². The summed E-state index contributed by atoms with van der Waals surface area (Å²) in [7, 11) is 1.90. The number of benzene rings is 3. The second-order valence-corrected chi connectivity index (χ2v) is 18.2. The van der Waals surface area contributed by atoms with E-state index in [2.05, 4.69) is 52.8 Å². The van der Waals surface area contributed by atoms with E-state index < -0.39 is 53.4 Å². The maximum absolute atomic E-state index is 14.4. The summed E-state index contributed by atoms with van der Waals surface area (Å²) in [6, 6.07) is 20.3. The first-order valence-electron chi connectivity index (χ1n) is 24.7. The minimum atomic E-state index is -1.01. The van der Waals surface area contributed by atoms with Crippen LogP contribution in [0, 0.1) is 0 Å². The van der Waals surface area contributed by atoms with E-state index in [4.69, 9.17) is 16.2 Å². The minimum absolute atomic E-state index is 0.00936. The highest BCUT2D eigenvalue weighted by Crippen LogP contribution is 2.27. The van der Waals surface area contributed by atoms with Crippen molar-refractivity contribution < 1.29 is 43.4 Å². The number of ether oxygens (including phenoxy) is 1. The lowest BCUT2D eigenvalue weighted by atomic mass is 9.90. The lowest BCUT2D eigenvalue weighted by Gasteiger charge is -2.23. The molecule has 3 aromatic rings. The van der Waals surface area contributed by atoms with Crippen molar-refractivity contribution in [2.75, 3.05) is 71.3 Å². The van der Waals surface area contributed by atoms with Gasteiger partial charge in [-0.2, -0.15) is 0 Å². The second-order valence-electron chi connectivity index (χ2n) is 18.2. The Morgan fingerprint density at radius 1 is 0.699 bits per heavy atom. The van der Waals surface area contributed by atoms with Crippen LogP contribution >= 0.6 is 0 Å². The zero-order valence-electron chi connectivity index (χ0n) is 42.8. The molecule has 22 heteroatoms. The standard InChI is InChI=1S/C51H77N13O9/c1-6-42(66)55-29-30-59-49(71)63-48(53)58-26-10-14-40(46(69)60-34-35-15-21-39(65)22-16-35)61-47(70)44(36-12-8-7-9-13-36)37-17-19-38(20-18-37)54-27-11-28-57-45(68)41(62-50(72)73-51(2,3)4)23-24-43(67)56-31-33-64(5)32-25-52/h7-9,12-13,15-22,40-41,44,54,65H,6,10-11,14,23-34,52H2,1-5H3,(H,55,66)(H,56,67)(H,57,68)(H,60,69)(H,61,70)(H,62,72)(H4,53,58,59,63,71)/t40-,41-,44?/m1/s1. The number of hydrogen-bond acceptors (Lipinski definition) is 13. The molecule has 73 heavy (non-hydrogen) atoms. The summed E-state index contributed by atoms with van der Waals surface area (Å²) in [5.74, 6) is -2.57.